The van der Waals surface area contributed by atoms with Gasteiger partial charge in [0.2, 0.25) is 0 Å². The molecule has 116 valence electrons. The number of halogens is 1. The number of carbonyl (C=O) groups is 1. The largest absolute Gasteiger partial charge is 0.506 e. The number of ether oxygens (including phenoxy) is 2. The van der Waals surface area contributed by atoms with Crippen molar-refractivity contribution in [3.8, 4) is 17.2 Å². The van der Waals surface area contributed by atoms with E-state index in [-0.39, 0.29) is 18.0 Å². The van der Waals surface area contributed by atoms with Gasteiger partial charge in [0.05, 0.1) is 12.8 Å². The molecule has 0 aliphatic heterocycles. The zero-order valence-corrected chi connectivity index (χ0v) is 13.0. The highest BCUT2D eigenvalue weighted by Gasteiger charge is 2.10. The standard InChI is InChI=1S/C16H16ClNO4/c1-10-3-6-14(15(7-10)21-2)22-9-16(20)18-12-8-11(17)4-5-13(12)19/h3-8,19H,9H2,1-2H3,(H,18,20). The Morgan fingerprint density at radius 3 is 2.73 bits per heavy atom. The summed E-state index contributed by atoms with van der Waals surface area (Å²) in [5, 5.41) is 12.6. The second-order valence-electron chi connectivity index (χ2n) is 4.65. The lowest BCUT2D eigenvalue weighted by Gasteiger charge is -2.12. The van der Waals surface area contributed by atoms with Crippen LogP contribution in [-0.4, -0.2) is 24.7 Å². The Bertz CT molecular complexity index is 688. The van der Waals surface area contributed by atoms with Gasteiger partial charge in [0, 0.05) is 5.02 Å². The zero-order chi connectivity index (χ0) is 16.1. The van der Waals surface area contributed by atoms with Gasteiger partial charge in [-0.1, -0.05) is 17.7 Å². The molecule has 0 atom stereocenters. The molecule has 0 aliphatic rings. The van der Waals surface area contributed by atoms with Crippen LogP contribution in [0.3, 0.4) is 0 Å². The smallest absolute Gasteiger partial charge is 0.262 e. The summed E-state index contributed by atoms with van der Waals surface area (Å²) >= 11 is 5.82. The van der Waals surface area contributed by atoms with E-state index in [0.717, 1.165) is 5.56 Å². The predicted octanol–water partition coefficient (Wildman–Crippen LogP) is 3.38. The van der Waals surface area contributed by atoms with E-state index in [1.54, 1.807) is 6.07 Å². The van der Waals surface area contributed by atoms with Gasteiger partial charge in [-0.15, -0.1) is 0 Å². The van der Waals surface area contributed by atoms with Crippen LogP contribution in [-0.2, 0) is 4.79 Å². The molecule has 6 heteroatoms. The molecule has 1 amide bonds. The number of rotatable bonds is 5. The maximum atomic E-state index is 11.9. The van der Waals surface area contributed by atoms with E-state index in [9.17, 15) is 9.90 Å². The molecule has 2 aromatic carbocycles. The number of methoxy groups -OCH3 is 1. The number of phenols is 1. The van der Waals surface area contributed by atoms with Crippen LogP contribution in [0.25, 0.3) is 0 Å². The fourth-order valence-corrected chi connectivity index (χ4v) is 2.00. The number of hydrogen-bond donors (Lipinski definition) is 2. The van der Waals surface area contributed by atoms with Crippen molar-refractivity contribution in [3.05, 3.63) is 47.0 Å². The summed E-state index contributed by atoms with van der Waals surface area (Å²) in [4.78, 5) is 11.9. The molecule has 2 rings (SSSR count). The monoisotopic (exact) mass is 321 g/mol. The molecule has 2 N–H and O–H groups in total. The lowest BCUT2D eigenvalue weighted by Crippen LogP contribution is -2.20. The number of aryl methyl sites for hydroxylation is 1. The maximum Gasteiger partial charge on any atom is 0.262 e. The van der Waals surface area contributed by atoms with Crippen molar-refractivity contribution in [3.63, 3.8) is 0 Å². The van der Waals surface area contributed by atoms with E-state index >= 15 is 0 Å². The zero-order valence-electron chi connectivity index (χ0n) is 12.2. The number of amides is 1. The van der Waals surface area contributed by atoms with Crippen LogP contribution in [0.5, 0.6) is 17.2 Å². The predicted molar refractivity (Wildman–Crippen MR) is 85.0 cm³/mol. The number of anilines is 1. The van der Waals surface area contributed by atoms with E-state index in [0.29, 0.717) is 16.5 Å². The third-order valence-corrected chi connectivity index (χ3v) is 3.15. The van der Waals surface area contributed by atoms with Gasteiger partial charge < -0.3 is 19.9 Å². The summed E-state index contributed by atoms with van der Waals surface area (Å²) in [6.45, 7) is 1.71. The van der Waals surface area contributed by atoms with Crippen LogP contribution in [0, 0.1) is 6.92 Å². The molecular weight excluding hydrogens is 306 g/mol. The molecule has 0 fully saturated rings. The molecule has 22 heavy (non-hydrogen) atoms. The van der Waals surface area contributed by atoms with Crippen molar-refractivity contribution >= 4 is 23.2 Å². The molecule has 0 aromatic heterocycles. The minimum absolute atomic E-state index is 0.0642. The van der Waals surface area contributed by atoms with Crippen molar-refractivity contribution in [2.24, 2.45) is 0 Å². The third kappa shape index (κ3) is 4.05. The van der Waals surface area contributed by atoms with E-state index in [4.69, 9.17) is 21.1 Å². The first-order valence-corrected chi connectivity index (χ1v) is 6.93. The molecule has 0 spiro atoms. The van der Waals surface area contributed by atoms with Crippen LogP contribution in [0.4, 0.5) is 5.69 Å². The highest BCUT2D eigenvalue weighted by Crippen LogP contribution is 2.28. The first-order chi connectivity index (χ1) is 10.5. The molecule has 5 nitrogen and oxygen atoms in total. The summed E-state index contributed by atoms with van der Waals surface area (Å²) in [6.07, 6.45) is 0. The lowest BCUT2D eigenvalue weighted by atomic mass is 10.2. The SMILES string of the molecule is COc1cc(C)ccc1OCC(=O)Nc1cc(Cl)ccc1O. The normalized spacial score (nSPS) is 10.1. The minimum atomic E-state index is -0.416. The molecule has 0 unspecified atom stereocenters. The van der Waals surface area contributed by atoms with Gasteiger partial charge in [-0.05, 0) is 42.8 Å². The van der Waals surface area contributed by atoms with Crippen molar-refractivity contribution in [2.45, 2.75) is 6.92 Å². The Balaban J connectivity index is 2.00. The molecule has 0 saturated carbocycles. The molecule has 0 aliphatic carbocycles. The first kappa shape index (κ1) is 16.0. The maximum absolute atomic E-state index is 11.9. The van der Waals surface area contributed by atoms with Gasteiger partial charge in [0.1, 0.15) is 5.75 Å². The van der Waals surface area contributed by atoms with Crippen molar-refractivity contribution < 1.29 is 19.4 Å². The molecule has 0 heterocycles. The van der Waals surface area contributed by atoms with Crippen LogP contribution < -0.4 is 14.8 Å². The number of aromatic hydroxyl groups is 1. The Hall–Kier alpha value is -2.40. The third-order valence-electron chi connectivity index (χ3n) is 2.91. The summed E-state index contributed by atoms with van der Waals surface area (Å²) in [7, 11) is 1.53. The van der Waals surface area contributed by atoms with Crippen LogP contribution >= 0.6 is 11.6 Å². The van der Waals surface area contributed by atoms with Crippen LogP contribution in [0.15, 0.2) is 36.4 Å². The fraction of sp³-hybridized carbons (Fsp3) is 0.188. The van der Waals surface area contributed by atoms with Gasteiger partial charge in [0.15, 0.2) is 18.1 Å². The van der Waals surface area contributed by atoms with Crippen molar-refractivity contribution in [1.82, 2.24) is 0 Å². The number of nitrogens with one attached hydrogen (secondary N) is 1. The Labute approximate surface area is 133 Å². The Kier molecular flexibility index (Phi) is 5.12. The summed E-state index contributed by atoms with van der Waals surface area (Å²) < 4.78 is 10.6. The molecule has 2 aromatic rings. The van der Waals surface area contributed by atoms with Crippen molar-refractivity contribution in [1.29, 1.82) is 0 Å². The van der Waals surface area contributed by atoms with Gasteiger partial charge in [-0.25, -0.2) is 0 Å². The number of hydrogen-bond acceptors (Lipinski definition) is 4. The quantitative estimate of drug-likeness (QED) is 0.828. The highest BCUT2D eigenvalue weighted by molar-refractivity contribution is 6.31. The highest BCUT2D eigenvalue weighted by atomic mass is 35.5. The number of benzene rings is 2. The summed E-state index contributed by atoms with van der Waals surface area (Å²) in [5.74, 6) is 0.544. The average Bonchev–Trinajstić information content (AvgIpc) is 2.49. The minimum Gasteiger partial charge on any atom is -0.506 e. The van der Waals surface area contributed by atoms with Crippen LogP contribution in [0.1, 0.15) is 5.56 Å². The molecule has 0 saturated heterocycles. The molecular formula is C16H16ClNO4. The van der Waals surface area contributed by atoms with E-state index in [2.05, 4.69) is 5.32 Å². The fourth-order valence-electron chi connectivity index (χ4n) is 1.83. The summed E-state index contributed by atoms with van der Waals surface area (Å²) in [5.41, 5.74) is 1.26. The lowest BCUT2D eigenvalue weighted by molar-refractivity contribution is -0.118. The molecule has 0 radical (unpaired) electrons. The first-order valence-electron chi connectivity index (χ1n) is 6.55. The van der Waals surface area contributed by atoms with Crippen molar-refractivity contribution in [2.75, 3.05) is 19.0 Å². The Morgan fingerprint density at radius 2 is 2.00 bits per heavy atom. The Morgan fingerprint density at radius 1 is 1.23 bits per heavy atom. The number of phenolic OH excluding ortho intramolecular Hbond substituents is 1. The van der Waals surface area contributed by atoms with Gasteiger partial charge >= 0.3 is 0 Å². The van der Waals surface area contributed by atoms with Gasteiger partial charge in [-0.2, -0.15) is 0 Å². The van der Waals surface area contributed by atoms with E-state index < -0.39 is 5.91 Å². The molecule has 0 bridgehead atoms. The van der Waals surface area contributed by atoms with Crippen LogP contribution in [0.2, 0.25) is 5.02 Å². The van der Waals surface area contributed by atoms with Gasteiger partial charge in [0.25, 0.3) is 5.91 Å². The van der Waals surface area contributed by atoms with Gasteiger partial charge in [-0.3, -0.25) is 4.79 Å². The van der Waals surface area contributed by atoms with E-state index in [1.807, 2.05) is 19.1 Å². The van der Waals surface area contributed by atoms with E-state index in [1.165, 1.54) is 25.3 Å². The topological polar surface area (TPSA) is 67.8 Å². The average molecular weight is 322 g/mol. The summed E-state index contributed by atoms with van der Waals surface area (Å²) in [6, 6.07) is 9.80. The second-order valence-corrected chi connectivity index (χ2v) is 5.09. The number of carbonyl (C=O) groups excluding carboxylic acids is 1. The second kappa shape index (κ2) is 7.04.